The lowest BCUT2D eigenvalue weighted by Gasteiger charge is -2.36. The van der Waals surface area contributed by atoms with Crippen LogP contribution in [0.3, 0.4) is 0 Å². The zero-order valence-corrected chi connectivity index (χ0v) is 13.2. The van der Waals surface area contributed by atoms with Crippen LogP contribution in [0.25, 0.3) is 0 Å². The quantitative estimate of drug-likeness (QED) is 0.773. The van der Waals surface area contributed by atoms with Gasteiger partial charge < -0.3 is 9.64 Å². The first kappa shape index (κ1) is 18.1. The van der Waals surface area contributed by atoms with Crippen LogP contribution in [0.5, 0.6) is 0 Å². The third-order valence-electron chi connectivity index (χ3n) is 4.49. The van der Waals surface area contributed by atoms with Crippen molar-refractivity contribution in [2.24, 2.45) is 0 Å². The highest BCUT2D eigenvalue weighted by molar-refractivity contribution is 5.84. The first-order chi connectivity index (χ1) is 11.7. The van der Waals surface area contributed by atoms with Crippen molar-refractivity contribution in [1.82, 2.24) is 9.80 Å². The summed E-state index contributed by atoms with van der Waals surface area (Å²) in [6.45, 7) is -0.306. The van der Waals surface area contributed by atoms with Crippen LogP contribution in [0.4, 0.5) is 22.0 Å². The van der Waals surface area contributed by atoms with E-state index < -0.39 is 42.4 Å². The Morgan fingerprint density at radius 1 is 1.16 bits per heavy atom. The number of rotatable bonds is 3. The van der Waals surface area contributed by atoms with Crippen LogP contribution < -0.4 is 0 Å². The van der Waals surface area contributed by atoms with Crippen LogP contribution in [-0.2, 0) is 9.53 Å². The second-order valence-electron chi connectivity index (χ2n) is 6.21. The third-order valence-corrected chi connectivity index (χ3v) is 4.49. The molecule has 0 aromatic heterocycles. The number of hydrogen-bond acceptors (Lipinski definition) is 3. The molecule has 4 nitrogen and oxygen atoms in total. The third kappa shape index (κ3) is 4.09. The molecule has 1 aromatic rings. The Labute approximate surface area is 141 Å². The van der Waals surface area contributed by atoms with Gasteiger partial charge in [-0.1, -0.05) is 6.07 Å². The average molecular weight is 364 g/mol. The molecular formula is C16H17F5N2O2. The van der Waals surface area contributed by atoms with Crippen LogP contribution in [0.1, 0.15) is 18.1 Å². The standard InChI is InChI=1S/C16H17F5N2O2/c17-11-2-1-10(7-12(11)18)14-8-22(5-6-25-14)13-3-4-23(15(13)24)9-16(19,20)21/h1-2,7,13-14H,3-6,8-9H2. The lowest BCUT2D eigenvalue weighted by molar-refractivity contribution is -0.160. The molecule has 3 rings (SSSR count). The molecular weight excluding hydrogens is 347 g/mol. The van der Waals surface area contributed by atoms with Gasteiger partial charge in [0, 0.05) is 19.6 Å². The summed E-state index contributed by atoms with van der Waals surface area (Å²) in [5.74, 6) is -2.51. The molecule has 1 amide bonds. The zero-order valence-electron chi connectivity index (χ0n) is 13.2. The van der Waals surface area contributed by atoms with Gasteiger partial charge in [0.25, 0.3) is 0 Å². The molecule has 0 aliphatic carbocycles. The fraction of sp³-hybridized carbons (Fsp3) is 0.562. The second kappa shape index (κ2) is 6.87. The molecule has 2 saturated heterocycles. The number of nitrogens with zero attached hydrogens (tertiary/aromatic N) is 2. The Balaban J connectivity index is 1.67. The number of carbonyl (C=O) groups excluding carboxylic acids is 1. The minimum Gasteiger partial charge on any atom is -0.371 e. The summed E-state index contributed by atoms with van der Waals surface area (Å²) in [4.78, 5) is 14.8. The average Bonchev–Trinajstić information content (AvgIpc) is 2.89. The van der Waals surface area contributed by atoms with Gasteiger partial charge in [-0.15, -0.1) is 0 Å². The van der Waals surface area contributed by atoms with Gasteiger partial charge in [-0.25, -0.2) is 8.78 Å². The van der Waals surface area contributed by atoms with Gasteiger partial charge >= 0.3 is 6.18 Å². The number of alkyl halides is 3. The molecule has 0 bridgehead atoms. The summed E-state index contributed by atoms with van der Waals surface area (Å²) in [5, 5.41) is 0. The van der Waals surface area contributed by atoms with Crippen molar-refractivity contribution in [3.05, 3.63) is 35.4 Å². The lowest BCUT2D eigenvalue weighted by Crippen LogP contribution is -2.49. The molecule has 1 aromatic carbocycles. The number of hydrogen-bond donors (Lipinski definition) is 0. The highest BCUT2D eigenvalue weighted by Crippen LogP contribution is 2.29. The van der Waals surface area contributed by atoms with Gasteiger partial charge in [-0.05, 0) is 24.1 Å². The van der Waals surface area contributed by atoms with Gasteiger partial charge in [-0.2, -0.15) is 13.2 Å². The Kier molecular flexibility index (Phi) is 4.97. The fourth-order valence-electron chi connectivity index (χ4n) is 3.30. The van der Waals surface area contributed by atoms with Crippen LogP contribution in [-0.4, -0.2) is 60.7 Å². The molecule has 0 radical (unpaired) electrons. The first-order valence-electron chi connectivity index (χ1n) is 7.91. The number of likely N-dealkylation sites (tertiary alicyclic amines) is 1. The number of amides is 1. The molecule has 0 spiro atoms. The van der Waals surface area contributed by atoms with E-state index in [9.17, 15) is 26.7 Å². The van der Waals surface area contributed by atoms with Crippen molar-refractivity contribution in [2.75, 3.05) is 32.8 Å². The van der Waals surface area contributed by atoms with E-state index in [1.807, 2.05) is 0 Å². The number of halogens is 5. The molecule has 2 aliphatic heterocycles. The van der Waals surface area contributed by atoms with Crippen molar-refractivity contribution >= 4 is 5.91 Å². The van der Waals surface area contributed by atoms with Crippen molar-refractivity contribution < 1.29 is 31.5 Å². The van der Waals surface area contributed by atoms with Gasteiger partial charge in [0.1, 0.15) is 6.54 Å². The minimum atomic E-state index is -4.43. The monoisotopic (exact) mass is 364 g/mol. The van der Waals surface area contributed by atoms with Crippen molar-refractivity contribution in [3.63, 3.8) is 0 Å². The molecule has 2 unspecified atom stereocenters. The number of benzene rings is 1. The second-order valence-corrected chi connectivity index (χ2v) is 6.21. The van der Waals surface area contributed by atoms with Gasteiger partial charge in [0.2, 0.25) is 5.91 Å². The summed E-state index contributed by atoms with van der Waals surface area (Å²) in [7, 11) is 0. The van der Waals surface area contributed by atoms with E-state index in [0.29, 0.717) is 18.5 Å². The molecule has 2 heterocycles. The van der Waals surface area contributed by atoms with E-state index in [0.717, 1.165) is 17.0 Å². The highest BCUT2D eigenvalue weighted by Gasteiger charge is 2.42. The van der Waals surface area contributed by atoms with Gasteiger partial charge in [0.05, 0.1) is 18.8 Å². The topological polar surface area (TPSA) is 32.8 Å². The highest BCUT2D eigenvalue weighted by atomic mass is 19.4. The lowest BCUT2D eigenvalue weighted by atomic mass is 10.1. The Morgan fingerprint density at radius 2 is 1.92 bits per heavy atom. The van der Waals surface area contributed by atoms with E-state index in [-0.39, 0.29) is 19.7 Å². The van der Waals surface area contributed by atoms with Crippen LogP contribution in [0.2, 0.25) is 0 Å². The summed E-state index contributed by atoms with van der Waals surface area (Å²) >= 11 is 0. The minimum absolute atomic E-state index is 0.0518. The largest absolute Gasteiger partial charge is 0.406 e. The summed E-state index contributed by atoms with van der Waals surface area (Å²) in [6, 6.07) is 2.80. The maximum absolute atomic E-state index is 13.4. The Hall–Kier alpha value is -1.74. The normalized spacial score (nSPS) is 25.6. The van der Waals surface area contributed by atoms with Crippen molar-refractivity contribution in [2.45, 2.75) is 24.7 Å². The Morgan fingerprint density at radius 3 is 2.60 bits per heavy atom. The molecule has 0 N–H and O–H groups in total. The SMILES string of the molecule is O=C1C(N2CCOC(c3ccc(F)c(F)c3)C2)CCN1CC(F)(F)F. The van der Waals surface area contributed by atoms with E-state index in [1.165, 1.54) is 6.07 Å². The zero-order chi connectivity index (χ0) is 18.2. The van der Waals surface area contributed by atoms with Gasteiger partial charge in [-0.3, -0.25) is 9.69 Å². The smallest absolute Gasteiger partial charge is 0.371 e. The van der Waals surface area contributed by atoms with Crippen LogP contribution in [0, 0.1) is 11.6 Å². The number of ether oxygens (including phenoxy) is 1. The molecule has 25 heavy (non-hydrogen) atoms. The van der Waals surface area contributed by atoms with Crippen molar-refractivity contribution in [1.29, 1.82) is 0 Å². The summed E-state index contributed by atoms with van der Waals surface area (Å²) < 4.78 is 69.5. The van der Waals surface area contributed by atoms with E-state index in [4.69, 9.17) is 4.74 Å². The molecule has 9 heteroatoms. The van der Waals surface area contributed by atoms with Crippen LogP contribution >= 0.6 is 0 Å². The van der Waals surface area contributed by atoms with E-state index >= 15 is 0 Å². The molecule has 2 fully saturated rings. The first-order valence-corrected chi connectivity index (χ1v) is 7.91. The van der Waals surface area contributed by atoms with Crippen molar-refractivity contribution in [3.8, 4) is 0 Å². The fourth-order valence-corrected chi connectivity index (χ4v) is 3.30. The van der Waals surface area contributed by atoms with E-state index in [2.05, 4.69) is 0 Å². The van der Waals surface area contributed by atoms with E-state index in [1.54, 1.807) is 4.90 Å². The summed E-state index contributed by atoms with van der Waals surface area (Å²) in [6.07, 6.45) is -4.68. The number of carbonyl (C=O) groups is 1. The van der Waals surface area contributed by atoms with Gasteiger partial charge in [0.15, 0.2) is 11.6 Å². The molecule has 2 atom stereocenters. The number of morpholine rings is 1. The Bertz CT molecular complexity index is 652. The maximum Gasteiger partial charge on any atom is 0.406 e. The predicted molar refractivity (Wildman–Crippen MR) is 77.7 cm³/mol. The molecule has 138 valence electrons. The predicted octanol–water partition coefficient (Wildman–Crippen LogP) is 2.50. The summed E-state index contributed by atoms with van der Waals surface area (Å²) in [5.41, 5.74) is 0.432. The maximum atomic E-state index is 13.4. The van der Waals surface area contributed by atoms with Crippen LogP contribution in [0.15, 0.2) is 18.2 Å². The molecule has 2 aliphatic rings. The molecule has 0 saturated carbocycles.